The van der Waals surface area contributed by atoms with Crippen LogP contribution in [0.15, 0.2) is 29.2 Å². The van der Waals surface area contributed by atoms with Crippen LogP contribution in [0.3, 0.4) is 0 Å². The molecule has 9 heteroatoms. The minimum atomic E-state index is -3.59. The van der Waals surface area contributed by atoms with Crippen LogP contribution in [0.25, 0.3) is 0 Å². The van der Waals surface area contributed by atoms with E-state index in [-0.39, 0.29) is 22.8 Å². The Hall–Kier alpha value is -2.23. The van der Waals surface area contributed by atoms with Crippen LogP contribution in [0.5, 0.6) is 0 Å². The van der Waals surface area contributed by atoms with E-state index < -0.39 is 10.0 Å². The monoisotopic (exact) mass is 489 g/mol. The third-order valence-corrected chi connectivity index (χ3v) is 9.80. The Balaban J connectivity index is 1.56. The number of amides is 2. The van der Waals surface area contributed by atoms with Gasteiger partial charge in [-0.2, -0.15) is 4.31 Å². The number of piperidine rings is 1. The van der Waals surface area contributed by atoms with Gasteiger partial charge in [-0.3, -0.25) is 9.59 Å². The Morgan fingerprint density at radius 1 is 1.00 bits per heavy atom. The first kappa shape index (κ1) is 23.9. The maximum absolute atomic E-state index is 13.0. The Kier molecular flexibility index (Phi) is 7.21. The van der Waals surface area contributed by atoms with Gasteiger partial charge in [-0.05, 0) is 75.3 Å². The van der Waals surface area contributed by atoms with Crippen molar-refractivity contribution < 1.29 is 18.0 Å². The molecular weight excluding hydrogens is 458 g/mol. The van der Waals surface area contributed by atoms with E-state index in [0.29, 0.717) is 22.7 Å². The lowest BCUT2D eigenvalue weighted by molar-refractivity contribution is 0.0963. The van der Waals surface area contributed by atoms with E-state index in [9.17, 15) is 18.0 Å². The summed E-state index contributed by atoms with van der Waals surface area (Å²) in [5.74, 6) is -0.548. The lowest BCUT2D eigenvalue weighted by Crippen LogP contribution is -2.41. The van der Waals surface area contributed by atoms with Gasteiger partial charge in [0.15, 0.2) is 0 Å². The average molecular weight is 490 g/mol. The first-order chi connectivity index (χ1) is 15.8. The Bertz CT molecular complexity index is 1140. The maximum Gasteiger partial charge on any atom is 0.256 e. The molecule has 0 bridgehead atoms. The van der Waals surface area contributed by atoms with Crippen molar-refractivity contribution in [1.29, 1.82) is 0 Å². The molecule has 2 N–H and O–H groups in total. The number of thiophene rings is 1. The Labute approximate surface area is 199 Å². The van der Waals surface area contributed by atoms with Gasteiger partial charge < -0.3 is 10.6 Å². The minimum Gasteiger partial charge on any atom is -0.355 e. The van der Waals surface area contributed by atoms with Gasteiger partial charge >= 0.3 is 0 Å². The zero-order valence-electron chi connectivity index (χ0n) is 19.1. The lowest BCUT2D eigenvalue weighted by Gasteiger charge is -2.32. The second-order valence-electron chi connectivity index (χ2n) is 8.79. The molecule has 0 spiro atoms. The first-order valence-corrected chi connectivity index (χ1v) is 13.9. The normalized spacial score (nSPS) is 19.4. The number of carbonyl (C=O) groups excluding carboxylic acids is 2. The van der Waals surface area contributed by atoms with Gasteiger partial charge in [0.05, 0.1) is 10.5 Å². The summed E-state index contributed by atoms with van der Waals surface area (Å²) in [5.41, 5.74) is 1.96. The molecule has 2 amide bonds. The number of aryl methyl sites for hydroxylation is 1. The van der Waals surface area contributed by atoms with E-state index in [2.05, 4.69) is 10.6 Å². The van der Waals surface area contributed by atoms with Crippen molar-refractivity contribution in [2.45, 2.75) is 69.2 Å². The van der Waals surface area contributed by atoms with Crippen molar-refractivity contribution >= 4 is 38.2 Å². The van der Waals surface area contributed by atoms with E-state index in [1.807, 2.05) is 6.92 Å². The molecule has 1 saturated heterocycles. The molecule has 4 rings (SSSR count). The molecule has 7 nitrogen and oxygen atoms in total. The molecule has 0 radical (unpaired) electrons. The van der Waals surface area contributed by atoms with Crippen molar-refractivity contribution in [2.75, 3.05) is 18.9 Å². The quantitative estimate of drug-likeness (QED) is 0.616. The number of fused-ring (bicyclic) bond motifs is 1. The smallest absolute Gasteiger partial charge is 0.256 e. The molecule has 0 saturated carbocycles. The second-order valence-corrected chi connectivity index (χ2v) is 11.8. The van der Waals surface area contributed by atoms with E-state index in [4.69, 9.17) is 0 Å². The molecule has 2 heterocycles. The van der Waals surface area contributed by atoms with Crippen LogP contribution >= 0.6 is 11.3 Å². The van der Waals surface area contributed by atoms with E-state index in [1.165, 1.54) is 40.5 Å². The number of benzene rings is 1. The number of nitrogens with zero attached hydrogens (tertiary/aromatic N) is 1. The molecule has 1 fully saturated rings. The van der Waals surface area contributed by atoms with Crippen molar-refractivity contribution in [2.24, 2.45) is 0 Å². The molecule has 1 aliphatic heterocycles. The second kappa shape index (κ2) is 9.95. The summed E-state index contributed by atoms with van der Waals surface area (Å²) in [7, 11) is -1.99. The Morgan fingerprint density at radius 2 is 1.73 bits per heavy atom. The number of carbonyl (C=O) groups is 2. The molecule has 0 unspecified atom stereocenters. The Morgan fingerprint density at radius 3 is 2.42 bits per heavy atom. The van der Waals surface area contributed by atoms with Gasteiger partial charge in [-0.25, -0.2) is 8.42 Å². The first-order valence-electron chi connectivity index (χ1n) is 11.6. The number of anilines is 1. The zero-order chi connectivity index (χ0) is 23.6. The van der Waals surface area contributed by atoms with Crippen molar-refractivity contribution in [3.8, 4) is 0 Å². The standard InChI is InChI=1S/C24H31N3O4S2/c1-16-8-6-7-15-27(16)33(30,31)18-13-11-17(12-14-18)22(28)26-24-21(23(29)25-2)19-9-4-3-5-10-20(19)32-24/h11-14,16H,3-10,15H2,1-2H3,(H,25,29)(H,26,28)/t16-/m0/s1. The molecule has 2 aliphatic rings. The van der Waals surface area contributed by atoms with Gasteiger partial charge in [-0.1, -0.05) is 12.8 Å². The molecule has 178 valence electrons. The molecule has 1 aliphatic carbocycles. The van der Waals surface area contributed by atoms with E-state index in [1.54, 1.807) is 11.4 Å². The molecule has 1 aromatic heterocycles. The molecule has 33 heavy (non-hydrogen) atoms. The number of hydrogen-bond donors (Lipinski definition) is 2. The van der Waals surface area contributed by atoms with Gasteiger partial charge in [-0.15, -0.1) is 11.3 Å². The summed E-state index contributed by atoms with van der Waals surface area (Å²) in [6.45, 7) is 2.46. The third-order valence-electron chi connectivity index (χ3n) is 6.57. The number of rotatable bonds is 5. The SMILES string of the molecule is CNC(=O)c1c(NC(=O)c2ccc(S(=O)(=O)N3CCCC[C@@H]3C)cc2)sc2c1CCCCC2. The van der Waals surface area contributed by atoms with E-state index in [0.717, 1.165) is 56.9 Å². The van der Waals surface area contributed by atoms with Gasteiger partial charge in [0.2, 0.25) is 10.0 Å². The summed E-state index contributed by atoms with van der Waals surface area (Å²) in [5, 5.41) is 6.16. The number of hydrogen-bond acceptors (Lipinski definition) is 5. The lowest BCUT2D eigenvalue weighted by atomic mass is 10.0. The maximum atomic E-state index is 13.0. The highest BCUT2D eigenvalue weighted by atomic mass is 32.2. The number of nitrogens with one attached hydrogen (secondary N) is 2. The highest BCUT2D eigenvalue weighted by molar-refractivity contribution is 7.89. The van der Waals surface area contributed by atoms with Crippen molar-refractivity contribution in [3.63, 3.8) is 0 Å². The summed E-state index contributed by atoms with van der Waals surface area (Å²) >= 11 is 1.47. The molecule has 1 aromatic carbocycles. The van der Waals surface area contributed by atoms with Crippen LogP contribution in [0.2, 0.25) is 0 Å². The summed E-state index contributed by atoms with van der Waals surface area (Å²) in [6, 6.07) is 6.04. The highest BCUT2D eigenvalue weighted by Gasteiger charge is 2.31. The molecule has 1 atom stereocenters. The average Bonchev–Trinajstić information content (AvgIpc) is 2.98. The van der Waals surface area contributed by atoms with Crippen LogP contribution in [0, 0.1) is 0 Å². The van der Waals surface area contributed by atoms with Crippen LogP contribution < -0.4 is 10.6 Å². The summed E-state index contributed by atoms with van der Waals surface area (Å²) in [6.07, 6.45) is 7.78. The van der Waals surface area contributed by atoms with Crippen molar-refractivity contribution in [1.82, 2.24) is 9.62 Å². The summed E-state index contributed by atoms with van der Waals surface area (Å²) in [4.78, 5) is 26.9. The molecular formula is C24H31N3O4S2. The fraction of sp³-hybridized carbons (Fsp3) is 0.500. The topological polar surface area (TPSA) is 95.6 Å². The minimum absolute atomic E-state index is 0.0241. The third kappa shape index (κ3) is 4.85. The van der Waals surface area contributed by atoms with Gasteiger partial charge in [0.25, 0.3) is 11.8 Å². The zero-order valence-corrected chi connectivity index (χ0v) is 20.8. The predicted octanol–water partition coefficient (Wildman–Crippen LogP) is 4.19. The van der Waals surface area contributed by atoms with Crippen LogP contribution in [0.1, 0.15) is 76.6 Å². The van der Waals surface area contributed by atoms with Gasteiger partial charge in [0, 0.05) is 30.1 Å². The predicted molar refractivity (Wildman–Crippen MR) is 131 cm³/mol. The fourth-order valence-corrected chi connectivity index (χ4v) is 7.69. The van der Waals surface area contributed by atoms with Crippen LogP contribution in [-0.4, -0.2) is 44.2 Å². The van der Waals surface area contributed by atoms with Crippen LogP contribution in [0.4, 0.5) is 5.00 Å². The molecule has 2 aromatic rings. The summed E-state index contributed by atoms with van der Waals surface area (Å²) < 4.78 is 27.6. The van der Waals surface area contributed by atoms with Crippen molar-refractivity contribution in [3.05, 3.63) is 45.8 Å². The van der Waals surface area contributed by atoms with Crippen LogP contribution in [-0.2, 0) is 22.9 Å². The van der Waals surface area contributed by atoms with Gasteiger partial charge in [0.1, 0.15) is 5.00 Å². The fourth-order valence-electron chi connectivity index (χ4n) is 4.71. The number of sulfonamides is 1. The van der Waals surface area contributed by atoms with E-state index >= 15 is 0 Å². The highest BCUT2D eigenvalue weighted by Crippen LogP contribution is 2.37. The largest absolute Gasteiger partial charge is 0.355 e.